The summed E-state index contributed by atoms with van der Waals surface area (Å²) in [6.45, 7) is 0.943. The van der Waals surface area contributed by atoms with Gasteiger partial charge in [-0.2, -0.15) is 0 Å². The highest BCUT2D eigenvalue weighted by Crippen LogP contribution is 2.47. The minimum atomic E-state index is -0.220. The third kappa shape index (κ3) is 2.82. The molecule has 4 atom stereocenters. The van der Waals surface area contributed by atoms with Gasteiger partial charge in [0.05, 0.1) is 17.0 Å². The molecule has 4 rings (SSSR count). The number of carbonyl (C=O) groups is 3. The summed E-state index contributed by atoms with van der Waals surface area (Å²) in [5.41, 5.74) is 7.17. The minimum Gasteiger partial charge on any atom is -0.356 e. The standard InChI is InChI=1S/C20H25N3O3/c21-17-13-8-7-12(11-13)16(17)18(24)22-9-3-4-10-23-19(25)14-5-1-2-6-15(14)20(23)26/h1-2,5-6,12-13,16-17H,3-4,7-11,21H2,(H,22,24). The van der Waals surface area contributed by atoms with E-state index in [0.29, 0.717) is 42.5 Å². The molecular weight excluding hydrogens is 330 g/mol. The molecule has 3 aliphatic rings. The van der Waals surface area contributed by atoms with E-state index in [2.05, 4.69) is 5.32 Å². The molecule has 6 nitrogen and oxygen atoms in total. The van der Waals surface area contributed by atoms with Gasteiger partial charge in [-0.1, -0.05) is 12.1 Å². The second-order valence-electron chi connectivity index (χ2n) is 7.74. The van der Waals surface area contributed by atoms with Crippen LogP contribution in [-0.4, -0.2) is 41.8 Å². The maximum Gasteiger partial charge on any atom is 0.261 e. The first-order valence-corrected chi connectivity index (χ1v) is 9.56. The van der Waals surface area contributed by atoms with Crippen LogP contribution in [0.15, 0.2) is 24.3 Å². The molecule has 138 valence electrons. The van der Waals surface area contributed by atoms with Crippen molar-refractivity contribution in [1.29, 1.82) is 0 Å². The molecule has 2 bridgehead atoms. The first-order chi connectivity index (χ1) is 12.6. The van der Waals surface area contributed by atoms with Gasteiger partial charge in [-0.3, -0.25) is 19.3 Å². The van der Waals surface area contributed by atoms with Gasteiger partial charge in [0, 0.05) is 19.1 Å². The summed E-state index contributed by atoms with van der Waals surface area (Å²) in [5, 5.41) is 3.00. The Labute approximate surface area is 153 Å². The summed E-state index contributed by atoms with van der Waals surface area (Å²) in [6, 6.07) is 6.92. The Bertz CT molecular complexity index is 711. The average molecular weight is 355 g/mol. The van der Waals surface area contributed by atoms with Gasteiger partial charge in [0.2, 0.25) is 5.91 Å². The van der Waals surface area contributed by atoms with Gasteiger partial charge in [-0.15, -0.1) is 0 Å². The molecule has 1 aromatic carbocycles. The fourth-order valence-electron chi connectivity index (χ4n) is 4.89. The Kier molecular flexibility index (Phi) is 4.53. The van der Waals surface area contributed by atoms with Crippen LogP contribution in [0.3, 0.4) is 0 Å². The Hall–Kier alpha value is -2.21. The van der Waals surface area contributed by atoms with Crippen LogP contribution in [-0.2, 0) is 4.79 Å². The van der Waals surface area contributed by atoms with Gasteiger partial charge in [0.1, 0.15) is 0 Å². The summed E-state index contributed by atoms with van der Waals surface area (Å²) >= 11 is 0. The molecular formula is C20H25N3O3. The second-order valence-corrected chi connectivity index (χ2v) is 7.74. The predicted molar refractivity (Wildman–Crippen MR) is 96.3 cm³/mol. The van der Waals surface area contributed by atoms with E-state index in [1.165, 1.54) is 4.90 Å². The first-order valence-electron chi connectivity index (χ1n) is 9.56. The first kappa shape index (κ1) is 17.2. The highest BCUT2D eigenvalue weighted by molar-refractivity contribution is 6.21. The smallest absolute Gasteiger partial charge is 0.261 e. The molecule has 0 saturated heterocycles. The van der Waals surface area contributed by atoms with Crippen molar-refractivity contribution < 1.29 is 14.4 Å². The number of rotatable bonds is 6. The zero-order valence-corrected chi connectivity index (χ0v) is 14.8. The largest absolute Gasteiger partial charge is 0.356 e. The van der Waals surface area contributed by atoms with E-state index in [9.17, 15) is 14.4 Å². The number of carbonyl (C=O) groups excluding carboxylic acids is 3. The average Bonchev–Trinajstić information content (AvgIpc) is 3.30. The van der Waals surface area contributed by atoms with Crippen molar-refractivity contribution in [3.63, 3.8) is 0 Å². The monoisotopic (exact) mass is 355 g/mol. The van der Waals surface area contributed by atoms with E-state index >= 15 is 0 Å². The molecule has 2 aliphatic carbocycles. The van der Waals surface area contributed by atoms with Crippen LogP contribution in [0.5, 0.6) is 0 Å². The van der Waals surface area contributed by atoms with Crippen LogP contribution < -0.4 is 11.1 Å². The third-order valence-electron chi connectivity index (χ3n) is 6.27. The second kappa shape index (κ2) is 6.83. The van der Waals surface area contributed by atoms with Gasteiger partial charge in [0.15, 0.2) is 0 Å². The van der Waals surface area contributed by atoms with Gasteiger partial charge in [-0.25, -0.2) is 0 Å². The van der Waals surface area contributed by atoms with Crippen LogP contribution in [0.25, 0.3) is 0 Å². The molecule has 2 saturated carbocycles. The van der Waals surface area contributed by atoms with E-state index < -0.39 is 0 Å². The number of fused-ring (bicyclic) bond motifs is 3. The van der Waals surface area contributed by atoms with E-state index in [4.69, 9.17) is 5.73 Å². The maximum absolute atomic E-state index is 12.4. The lowest BCUT2D eigenvalue weighted by atomic mass is 9.84. The number of nitrogens with two attached hydrogens (primary N) is 1. The van der Waals surface area contributed by atoms with E-state index in [1.54, 1.807) is 24.3 Å². The molecule has 3 amide bonds. The number of hydrogen-bond donors (Lipinski definition) is 2. The zero-order valence-electron chi connectivity index (χ0n) is 14.8. The van der Waals surface area contributed by atoms with Crippen LogP contribution >= 0.6 is 0 Å². The summed E-state index contributed by atoms with van der Waals surface area (Å²) in [7, 11) is 0. The van der Waals surface area contributed by atoms with Crippen LogP contribution in [0.2, 0.25) is 0 Å². The van der Waals surface area contributed by atoms with Crippen molar-refractivity contribution in [1.82, 2.24) is 10.2 Å². The Morgan fingerprint density at radius 2 is 1.73 bits per heavy atom. The molecule has 26 heavy (non-hydrogen) atoms. The SMILES string of the molecule is NC1C2CCC(C2)C1C(=O)NCCCCN1C(=O)c2ccccc2C1=O. The number of benzene rings is 1. The van der Waals surface area contributed by atoms with Crippen molar-refractivity contribution in [3.05, 3.63) is 35.4 Å². The molecule has 1 aliphatic heterocycles. The van der Waals surface area contributed by atoms with Crippen LogP contribution in [0, 0.1) is 17.8 Å². The summed E-state index contributed by atoms with van der Waals surface area (Å²) in [5.74, 6) is 0.568. The van der Waals surface area contributed by atoms with Crippen molar-refractivity contribution >= 4 is 17.7 Å². The molecule has 1 heterocycles. The Morgan fingerprint density at radius 1 is 1.08 bits per heavy atom. The lowest BCUT2D eigenvalue weighted by molar-refractivity contribution is -0.127. The third-order valence-corrected chi connectivity index (χ3v) is 6.27. The Morgan fingerprint density at radius 3 is 2.35 bits per heavy atom. The summed E-state index contributed by atoms with van der Waals surface area (Å²) in [4.78, 5) is 38.3. The summed E-state index contributed by atoms with van der Waals surface area (Å²) < 4.78 is 0. The summed E-state index contributed by atoms with van der Waals surface area (Å²) in [6.07, 6.45) is 4.79. The molecule has 3 N–H and O–H groups in total. The number of unbranched alkanes of at least 4 members (excludes halogenated alkanes) is 1. The normalized spacial score (nSPS) is 29.3. The quantitative estimate of drug-likeness (QED) is 0.598. The van der Waals surface area contributed by atoms with E-state index in [0.717, 1.165) is 25.7 Å². The van der Waals surface area contributed by atoms with Crippen LogP contribution in [0.1, 0.15) is 52.8 Å². The van der Waals surface area contributed by atoms with Gasteiger partial charge in [-0.05, 0) is 56.1 Å². The van der Waals surface area contributed by atoms with Crippen molar-refractivity contribution in [2.24, 2.45) is 23.5 Å². The topological polar surface area (TPSA) is 92.5 Å². The zero-order chi connectivity index (χ0) is 18.3. The maximum atomic E-state index is 12.4. The molecule has 1 aromatic rings. The number of nitrogens with zero attached hydrogens (tertiary/aromatic N) is 1. The number of amides is 3. The number of nitrogens with one attached hydrogen (secondary N) is 1. The minimum absolute atomic E-state index is 0.00657. The molecule has 0 radical (unpaired) electrons. The fourth-order valence-corrected chi connectivity index (χ4v) is 4.89. The van der Waals surface area contributed by atoms with Crippen molar-refractivity contribution in [3.8, 4) is 0 Å². The van der Waals surface area contributed by atoms with E-state index in [1.807, 2.05) is 0 Å². The van der Waals surface area contributed by atoms with E-state index in [-0.39, 0.29) is 29.7 Å². The lowest BCUT2D eigenvalue weighted by Crippen LogP contribution is -2.45. The van der Waals surface area contributed by atoms with Gasteiger partial charge < -0.3 is 11.1 Å². The molecule has 0 aromatic heterocycles. The Balaban J connectivity index is 1.21. The highest BCUT2D eigenvalue weighted by Gasteiger charge is 2.48. The van der Waals surface area contributed by atoms with Crippen LogP contribution in [0.4, 0.5) is 0 Å². The van der Waals surface area contributed by atoms with Gasteiger partial charge in [0.25, 0.3) is 11.8 Å². The van der Waals surface area contributed by atoms with Gasteiger partial charge >= 0.3 is 0 Å². The predicted octanol–water partition coefficient (Wildman–Crippen LogP) is 1.55. The number of hydrogen-bond acceptors (Lipinski definition) is 4. The van der Waals surface area contributed by atoms with Crippen molar-refractivity contribution in [2.75, 3.05) is 13.1 Å². The lowest BCUT2D eigenvalue weighted by Gasteiger charge is -2.27. The molecule has 6 heteroatoms. The molecule has 4 unspecified atom stereocenters. The number of imide groups is 1. The molecule has 0 spiro atoms. The fraction of sp³-hybridized carbons (Fsp3) is 0.550. The molecule has 2 fully saturated rings. The van der Waals surface area contributed by atoms with Crippen molar-refractivity contribution in [2.45, 2.75) is 38.1 Å². The highest BCUT2D eigenvalue weighted by atomic mass is 16.2.